The Morgan fingerprint density at radius 2 is 1.64 bits per heavy atom. The minimum Gasteiger partial charge on any atom is -0.447 e. The summed E-state index contributed by atoms with van der Waals surface area (Å²) in [5.74, 6) is -2.39. The van der Waals surface area contributed by atoms with Crippen LogP contribution >= 0.6 is 0 Å². The van der Waals surface area contributed by atoms with E-state index in [1.165, 1.54) is 17.4 Å². The van der Waals surface area contributed by atoms with Crippen LogP contribution in [-0.4, -0.2) is 72.3 Å². The topological polar surface area (TPSA) is 134 Å². The Hall–Kier alpha value is -2.91. The van der Waals surface area contributed by atoms with Gasteiger partial charge in [-0.15, -0.1) is 6.58 Å². The second-order valence-corrected chi connectivity index (χ2v) is 9.69. The van der Waals surface area contributed by atoms with Gasteiger partial charge in [-0.1, -0.05) is 79.7 Å². The molecule has 1 fully saturated rings. The molecule has 1 heterocycles. The van der Waals surface area contributed by atoms with Gasteiger partial charge in [0.25, 0.3) is 5.91 Å². The summed E-state index contributed by atoms with van der Waals surface area (Å²) in [7, 11) is 0. The molecule has 0 saturated carbocycles. The minimum atomic E-state index is -0.812. The highest BCUT2D eigenvalue weighted by Gasteiger charge is 2.40. The molecule has 1 aliphatic heterocycles. The lowest BCUT2D eigenvalue weighted by Crippen LogP contribution is -2.54. The van der Waals surface area contributed by atoms with Gasteiger partial charge >= 0.3 is 6.09 Å². The molecule has 10 nitrogen and oxygen atoms in total. The highest BCUT2D eigenvalue weighted by molar-refractivity contribution is 6.37. The van der Waals surface area contributed by atoms with Crippen LogP contribution in [0, 0.1) is 5.92 Å². The van der Waals surface area contributed by atoms with E-state index in [4.69, 9.17) is 4.74 Å². The highest BCUT2D eigenvalue weighted by Crippen LogP contribution is 2.25. The van der Waals surface area contributed by atoms with Gasteiger partial charge in [-0.25, -0.2) is 4.79 Å². The second-order valence-electron chi connectivity index (χ2n) is 9.69. The van der Waals surface area contributed by atoms with Crippen molar-refractivity contribution in [3.8, 4) is 0 Å². The first kappa shape index (κ1) is 38.2. The van der Waals surface area contributed by atoms with Crippen LogP contribution in [0.25, 0.3) is 0 Å². The number of likely N-dealkylation sites (tertiary alicyclic amines) is 1. The van der Waals surface area contributed by atoms with Gasteiger partial charge in [-0.05, 0) is 32.6 Å². The molecule has 1 saturated heterocycles. The molecule has 0 aliphatic carbocycles. The van der Waals surface area contributed by atoms with Crippen LogP contribution in [0.15, 0.2) is 12.7 Å². The second kappa shape index (κ2) is 23.0. The van der Waals surface area contributed by atoms with Crippen molar-refractivity contribution in [2.75, 3.05) is 19.6 Å². The summed E-state index contributed by atoms with van der Waals surface area (Å²) in [6, 6.07) is -1.59. The predicted octanol–water partition coefficient (Wildman–Crippen LogP) is 4.13. The number of hydrogen-bond donors (Lipinski definition) is 3. The maximum absolute atomic E-state index is 13.4. The summed E-state index contributed by atoms with van der Waals surface area (Å²) < 4.78 is 5.15. The lowest BCUT2D eigenvalue weighted by atomic mass is 10.1. The Labute approximate surface area is 236 Å². The summed E-state index contributed by atoms with van der Waals surface area (Å²) in [5.41, 5.74) is 0. The number of carbonyl (C=O) groups is 5. The molecule has 1 unspecified atom stereocenters. The van der Waals surface area contributed by atoms with Crippen molar-refractivity contribution in [1.29, 1.82) is 0 Å². The van der Waals surface area contributed by atoms with E-state index in [1.54, 1.807) is 13.8 Å². The molecule has 3 atom stereocenters. The molecule has 0 bridgehead atoms. The first-order valence-electron chi connectivity index (χ1n) is 14.5. The van der Waals surface area contributed by atoms with E-state index >= 15 is 0 Å². The summed E-state index contributed by atoms with van der Waals surface area (Å²) in [5, 5.41) is 7.49. The standard InChI is InChI=1S/C24H40N4O6.C3H8.C2H6/c1-6-8-9-10-11-18(27-24(33)34-16(3)4)23(32)28-15-17(5)13-19(28)21(30)26-14-20(29)22(31)25-12-7-2;1-3-2;1-2/h7,16-19H,2,6,8-15H2,1,3-5H3,(H,25,31)(H,26,30)(H,27,33);3H2,1-2H3;1-2H3/t17-,18+,19?;;/m1../s1. The lowest BCUT2D eigenvalue weighted by Gasteiger charge is -2.29. The van der Waals surface area contributed by atoms with Crippen molar-refractivity contribution in [2.45, 2.75) is 119 Å². The van der Waals surface area contributed by atoms with Crippen molar-refractivity contribution in [3.05, 3.63) is 12.7 Å². The molecular formula is C29H54N4O6. The average Bonchev–Trinajstić information content (AvgIpc) is 3.29. The molecule has 39 heavy (non-hydrogen) atoms. The molecule has 10 heteroatoms. The van der Waals surface area contributed by atoms with Gasteiger partial charge in [0.2, 0.25) is 17.6 Å². The number of rotatable bonds is 14. The Morgan fingerprint density at radius 3 is 2.18 bits per heavy atom. The third-order valence-corrected chi connectivity index (χ3v) is 5.46. The number of Topliss-reactive ketones (excluding diaryl/α,β-unsaturated/α-hetero) is 1. The number of carbonyl (C=O) groups excluding carboxylic acids is 5. The van der Waals surface area contributed by atoms with Gasteiger partial charge in [0.05, 0.1) is 12.6 Å². The molecular weight excluding hydrogens is 500 g/mol. The number of ketones is 1. The number of nitrogens with one attached hydrogen (secondary N) is 3. The molecule has 0 radical (unpaired) electrons. The van der Waals surface area contributed by atoms with Crippen LogP contribution in [0.3, 0.4) is 0 Å². The summed E-state index contributed by atoms with van der Waals surface area (Å²) in [4.78, 5) is 63.5. The van der Waals surface area contributed by atoms with Crippen LogP contribution in [0.1, 0.15) is 100 Å². The van der Waals surface area contributed by atoms with E-state index in [9.17, 15) is 24.0 Å². The SMILES string of the molecule is C=CCNC(=O)C(=O)CNC(=O)C1C[C@@H](C)CN1C(=O)[C@H](CCCCCC)NC(=O)OC(C)C.CC.CCC. The number of amides is 4. The fraction of sp³-hybridized carbons (Fsp3) is 0.759. The summed E-state index contributed by atoms with van der Waals surface area (Å²) >= 11 is 0. The Kier molecular flexibility index (Phi) is 22.6. The molecule has 0 aromatic rings. The monoisotopic (exact) mass is 554 g/mol. The van der Waals surface area contributed by atoms with Gasteiger partial charge in [0.1, 0.15) is 12.1 Å². The normalized spacial score (nSPS) is 16.5. The van der Waals surface area contributed by atoms with Crippen LogP contribution in [0.2, 0.25) is 0 Å². The Balaban J connectivity index is 0. The molecule has 1 aliphatic rings. The average molecular weight is 555 g/mol. The van der Waals surface area contributed by atoms with Gasteiger partial charge < -0.3 is 25.6 Å². The van der Waals surface area contributed by atoms with E-state index in [0.717, 1.165) is 25.7 Å². The van der Waals surface area contributed by atoms with Crippen molar-refractivity contribution in [1.82, 2.24) is 20.9 Å². The van der Waals surface area contributed by atoms with Crippen LogP contribution in [0.5, 0.6) is 0 Å². The number of unbranched alkanes of at least 4 members (excludes halogenated alkanes) is 3. The van der Waals surface area contributed by atoms with E-state index < -0.39 is 42.3 Å². The van der Waals surface area contributed by atoms with Crippen molar-refractivity contribution >= 4 is 29.6 Å². The molecule has 4 amide bonds. The number of hydrogen-bond acceptors (Lipinski definition) is 6. The molecule has 1 rings (SSSR count). The quantitative estimate of drug-likeness (QED) is 0.168. The van der Waals surface area contributed by atoms with Gasteiger partial charge in [-0.2, -0.15) is 0 Å². The van der Waals surface area contributed by atoms with E-state index in [1.807, 2.05) is 20.8 Å². The van der Waals surface area contributed by atoms with E-state index in [0.29, 0.717) is 19.4 Å². The Bertz CT molecular complexity index is 756. The molecule has 3 N–H and O–H groups in total. The smallest absolute Gasteiger partial charge is 0.408 e. The first-order chi connectivity index (χ1) is 18.5. The fourth-order valence-corrected chi connectivity index (χ4v) is 3.79. The summed E-state index contributed by atoms with van der Waals surface area (Å²) in [6.45, 7) is 19.2. The largest absolute Gasteiger partial charge is 0.447 e. The van der Waals surface area contributed by atoms with Gasteiger partial charge in [0, 0.05) is 13.1 Å². The Morgan fingerprint density at radius 1 is 1.03 bits per heavy atom. The lowest BCUT2D eigenvalue weighted by molar-refractivity contribution is -0.141. The molecule has 0 aromatic heterocycles. The van der Waals surface area contributed by atoms with Crippen molar-refractivity contribution < 1.29 is 28.7 Å². The molecule has 0 spiro atoms. The summed E-state index contributed by atoms with van der Waals surface area (Å²) in [6.07, 6.45) is 6.29. The zero-order chi connectivity index (χ0) is 30.4. The number of alkyl carbamates (subject to hydrolysis) is 1. The molecule has 0 aromatic carbocycles. The van der Waals surface area contributed by atoms with Crippen LogP contribution in [0.4, 0.5) is 4.79 Å². The first-order valence-corrected chi connectivity index (χ1v) is 14.5. The van der Waals surface area contributed by atoms with Gasteiger partial charge in [0.15, 0.2) is 0 Å². The fourth-order valence-electron chi connectivity index (χ4n) is 3.79. The maximum Gasteiger partial charge on any atom is 0.408 e. The van der Waals surface area contributed by atoms with Crippen molar-refractivity contribution in [2.24, 2.45) is 5.92 Å². The zero-order valence-electron chi connectivity index (χ0n) is 25.6. The van der Waals surface area contributed by atoms with Crippen LogP contribution in [-0.2, 0) is 23.9 Å². The van der Waals surface area contributed by atoms with Crippen molar-refractivity contribution in [3.63, 3.8) is 0 Å². The van der Waals surface area contributed by atoms with E-state index in [-0.39, 0.29) is 24.5 Å². The van der Waals surface area contributed by atoms with Gasteiger partial charge in [-0.3, -0.25) is 19.2 Å². The third kappa shape index (κ3) is 16.6. The van der Waals surface area contributed by atoms with E-state index in [2.05, 4.69) is 43.3 Å². The zero-order valence-corrected chi connectivity index (χ0v) is 25.6. The number of nitrogens with zero attached hydrogens (tertiary/aromatic N) is 1. The number of ether oxygens (including phenoxy) is 1. The highest BCUT2D eigenvalue weighted by atomic mass is 16.6. The minimum absolute atomic E-state index is 0.0645. The maximum atomic E-state index is 13.4. The molecule has 226 valence electrons. The predicted molar refractivity (Wildman–Crippen MR) is 155 cm³/mol. The van der Waals surface area contributed by atoms with Crippen LogP contribution < -0.4 is 16.0 Å². The third-order valence-electron chi connectivity index (χ3n) is 5.46.